The van der Waals surface area contributed by atoms with Gasteiger partial charge >= 0.3 is 0 Å². The van der Waals surface area contributed by atoms with Gasteiger partial charge in [-0.2, -0.15) is 0 Å². The number of hydrogen-bond donors (Lipinski definition) is 0. The van der Waals surface area contributed by atoms with E-state index in [2.05, 4.69) is 4.99 Å². The van der Waals surface area contributed by atoms with Crippen molar-refractivity contribution in [1.29, 1.82) is 0 Å². The topological polar surface area (TPSA) is 46.5 Å². The number of hydrogen-bond acceptors (Lipinski definition) is 4. The van der Waals surface area contributed by atoms with Crippen molar-refractivity contribution >= 4 is 25.9 Å². The Morgan fingerprint density at radius 1 is 1.22 bits per heavy atom. The average molecular weight is 281 g/mol. The SMILES string of the molecule is Cc1ccc(S(=O)(=O)SCC2=CCCC=N2)cc1. The van der Waals surface area contributed by atoms with Gasteiger partial charge in [0.25, 0.3) is 0 Å². The molecule has 1 aliphatic heterocycles. The Kier molecular flexibility index (Phi) is 4.24. The zero-order chi connectivity index (χ0) is 13.0. The van der Waals surface area contributed by atoms with Gasteiger partial charge in [-0.05, 0) is 42.7 Å². The molecule has 0 N–H and O–H groups in total. The standard InChI is InChI=1S/C13H15NO2S2/c1-11-5-7-13(8-6-11)18(15,16)17-10-12-4-2-3-9-14-12/h4-9H,2-3,10H2,1H3. The van der Waals surface area contributed by atoms with Crippen molar-refractivity contribution in [2.75, 3.05) is 5.75 Å². The minimum Gasteiger partial charge on any atom is -0.265 e. The molecule has 0 aliphatic carbocycles. The molecule has 1 aromatic rings. The molecule has 3 nitrogen and oxygen atoms in total. The first-order chi connectivity index (χ1) is 8.58. The molecule has 0 spiro atoms. The number of aliphatic imine (C=N–C) groups is 1. The summed E-state index contributed by atoms with van der Waals surface area (Å²) in [6.45, 7) is 1.94. The molecule has 0 fully saturated rings. The van der Waals surface area contributed by atoms with Crippen LogP contribution < -0.4 is 0 Å². The zero-order valence-corrected chi connectivity index (χ0v) is 11.8. The fraction of sp³-hybridized carbons (Fsp3) is 0.308. The number of aryl methyl sites for hydroxylation is 1. The lowest BCUT2D eigenvalue weighted by atomic mass is 10.2. The van der Waals surface area contributed by atoms with Gasteiger partial charge in [-0.1, -0.05) is 23.8 Å². The zero-order valence-electron chi connectivity index (χ0n) is 10.2. The van der Waals surface area contributed by atoms with Crippen LogP contribution in [0.15, 0.2) is 45.9 Å². The molecule has 96 valence electrons. The summed E-state index contributed by atoms with van der Waals surface area (Å²) in [5, 5.41) is 0. The van der Waals surface area contributed by atoms with E-state index in [1.807, 2.05) is 31.3 Å². The molecule has 18 heavy (non-hydrogen) atoms. The van der Waals surface area contributed by atoms with Gasteiger partial charge in [-0.25, -0.2) is 8.42 Å². The van der Waals surface area contributed by atoms with Crippen LogP contribution in [0.4, 0.5) is 0 Å². The number of nitrogens with zero attached hydrogens (tertiary/aromatic N) is 1. The van der Waals surface area contributed by atoms with E-state index in [9.17, 15) is 8.42 Å². The van der Waals surface area contributed by atoms with Crippen LogP contribution in [0.2, 0.25) is 0 Å². The van der Waals surface area contributed by atoms with Gasteiger partial charge in [0.2, 0.25) is 8.87 Å². The summed E-state index contributed by atoms with van der Waals surface area (Å²) in [5.74, 6) is 0.409. The number of allylic oxidation sites excluding steroid dienone is 1. The lowest BCUT2D eigenvalue weighted by Gasteiger charge is -2.07. The highest BCUT2D eigenvalue weighted by Gasteiger charge is 2.15. The predicted octanol–water partition coefficient (Wildman–Crippen LogP) is 3.17. The van der Waals surface area contributed by atoms with E-state index in [0.717, 1.165) is 34.9 Å². The first kappa shape index (κ1) is 13.4. The van der Waals surface area contributed by atoms with Crippen molar-refractivity contribution in [2.45, 2.75) is 24.7 Å². The predicted molar refractivity (Wildman–Crippen MR) is 76.6 cm³/mol. The monoisotopic (exact) mass is 281 g/mol. The van der Waals surface area contributed by atoms with Crippen LogP contribution in [0.5, 0.6) is 0 Å². The Labute approximate surface area is 111 Å². The van der Waals surface area contributed by atoms with Crippen LogP contribution in [0, 0.1) is 6.92 Å². The highest BCUT2D eigenvalue weighted by atomic mass is 33.1. The van der Waals surface area contributed by atoms with Crippen LogP contribution in [-0.2, 0) is 8.87 Å². The molecule has 0 amide bonds. The minimum atomic E-state index is -3.27. The Morgan fingerprint density at radius 2 is 1.94 bits per heavy atom. The van der Waals surface area contributed by atoms with Gasteiger partial charge in [0.15, 0.2) is 0 Å². The second-order valence-electron chi connectivity index (χ2n) is 4.11. The lowest BCUT2D eigenvalue weighted by Crippen LogP contribution is -1.99. The Bertz CT molecular complexity index is 572. The Morgan fingerprint density at radius 3 is 2.56 bits per heavy atom. The highest BCUT2D eigenvalue weighted by Crippen LogP contribution is 2.26. The summed E-state index contributed by atoms with van der Waals surface area (Å²) < 4.78 is 24.1. The Hall–Kier alpha value is -1.07. The largest absolute Gasteiger partial charge is 0.265 e. The summed E-state index contributed by atoms with van der Waals surface area (Å²) in [6.07, 6.45) is 5.73. The molecule has 1 aromatic carbocycles. The second kappa shape index (κ2) is 5.71. The molecule has 0 saturated carbocycles. The molecule has 0 aromatic heterocycles. The summed E-state index contributed by atoms with van der Waals surface area (Å²) in [6, 6.07) is 6.92. The molecule has 1 heterocycles. The third kappa shape index (κ3) is 3.46. The average Bonchev–Trinajstić information content (AvgIpc) is 2.38. The lowest BCUT2D eigenvalue weighted by molar-refractivity contribution is 0.610. The molecule has 2 rings (SSSR count). The molecule has 5 heteroatoms. The number of rotatable bonds is 4. The van der Waals surface area contributed by atoms with E-state index in [1.54, 1.807) is 12.1 Å². The van der Waals surface area contributed by atoms with Crippen LogP contribution in [0.25, 0.3) is 0 Å². The van der Waals surface area contributed by atoms with E-state index in [0.29, 0.717) is 10.6 Å². The molecule has 0 bridgehead atoms. The van der Waals surface area contributed by atoms with Gasteiger partial charge in [-0.15, -0.1) is 0 Å². The molecule has 0 saturated heterocycles. The first-order valence-corrected chi connectivity index (χ1v) is 8.74. The van der Waals surface area contributed by atoms with Crippen LogP contribution >= 0.6 is 10.8 Å². The van der Waals surface area contributed by atoms with Gasteiger partial charge < -0.3 is 0 Å². The van der Waals surface area contributed by atoms with Crippen LogP contribution in [-0.4, -0.2) is 20.4 Å². The maximum Gasteiger partial charge on any atom is 0.230 e. The van der Waals surface area contributed by atoms with Crippen molar-refractivity contribution in [3.8, 4) is 0 Å². The third-order valence-corrected chi connectivity index (χ3v) is 6.04. The van der Waals surface area contributed by atoms with E-state index in [4.69, 9.17) is 0 Å². The maximum atomic E-state index is 12.1. The van der Waals surface area contributed by atoms with Crippen molar-refractivity contribution in [3.05, 3.63) is 41.6 Å². The van der Waals surface area contributed by atoms with Crippen molar-refractivity contribution in [3.63, 3.8) is 0 Å². The van der Waals surface area contributed by atoms with Crippen molar-refractivity contribution in [2.24, 2.45) is 4.99 Å². The van der Waals surface area contributed by atoms with Crippen molar-refractivity contribution < 1.29 is 8.42 Å². The van der Waals surface area contributed by atoms with Crippen LogP contribution in [0.3, 0.4) is 0 Å². The summed E-state index contributed by atoms with van der Waals surface area (Å²) >= 11 is 0. The normalized spacial score (nSPS) is 15.5. The number of benzene rings is 1. The minimum absolute atomic E-state index is 0.360. The Balaban J connectivity index is 2.05. The van der Waals surface area contributed by atoms with E-state index >= 15 is 0 Å². The van der Waals surface area contributed by atoms with Gasteiger partial charge in [0, 0.05) is 11.9 Å². The maximum absolute atomic E-state index is 12.1. The summed E-state index contributed by atoms with van der Waals surface area (Å²) in [4.78, 5) is 4.55. The first-order valence-electron chi connectivity index (χ1n) is 5.75. The van der Waals surface area contributed by atoms with E-state index < -0.39 is 8.87 Å². The molecule has 1 aliphatic rings. The quantitative estimate of drug-likeness (QED) is 0.796. The molecule has 0 radical (unpaired) electrons. The molecule has 0 unspecified atom stereocenters. The van der Waals surface area contributed by atoms with Gasteiger partial charge in [0.05, 0.1) is 10.6 Å². The van der Waals surface area contributed by atoms with Crippen molar-refractivity contribution in [1.82, 2.24) is 0 Å². The summed E-state index contributed by atoms with van der Waals surface area (Å²) in [7, 11) is -2.34. The second-order valence-corrected chi connectivity index (χ2v) is 8.04. The van der Waals surface area contributed by atoms with Gasteiger partial charge in [-0.3, -0.25) is 4.99 Å². The third-order valence-electron chi connectivity index (χ3n) is 2.60. The fourth-order valence-electron chi connectivity index (χ4n) is 1.57. The van der Waals surface area contributed by atoms with E-state index in [-0.39, 0.29) is 0 Å². The highest BCUT2D eigenvalue weighted by molar-refractivity contribution is 8.72. The smallest absolute Gasteiger partial charge is 0.230 e. The van der Waals surface area contributed by atoms with Crippen LogP contribution in [0.1, 0.15) is 18.4 Å². The summed E-state index contributed by atoms with van der Waals surface area (Å²) in [5.41, 5.74) is 1.90. The molecular weight excluding hydrogens is 266 g/mol. The molecular formula is C13H15NO2S2. The van der Waals surface area contributed by atoms with E-state index in [1.165, 1.54) is 0 Å². The molecule has 0 atom stereocenters. The fourth-order valence-corrected chi connectivity index (χ4v) is 4.21. The van der Waals surface area contributed by atoms with Gasteiger partial charge in [0.1, 0.15) is 0 Å².